The van der Waals surface area contributed by atoms with Crippen LogP contribution in [0.15, 0.2) is 52.1 Å². The first-order chi connectivity index (χ1) is 12.6. The van der Waals surface area contributed by atoms with E-state index in [-0.39, 0.29) is 5.78 Å². The third-order valence-electron chi connectivity index (χ3n) is 3.82. The minimum absolute atomic E-state index is 0.0266. The topological polar surface area (TPSA) is 65.2 Å². The fraction of sp³-hybridized carbons (Fsp3) is 0.250. The molecule has 0 aliphatic rings. The molecule has 26 heavy (non-hydrogen) atoms. The maximum Gasteiger partial charge on any atom is 0.277 e. The highest BCUT2D eigenvalue weighted by Gasteiger charge is 2.12. The third kappa shape index (κ3) is 4.32. The van der Waals surface area contributed by atoms with E-state index in [9.17, 15) is 4.79 Å². The van der Waals surface area contributed by atoms with Crippen LogP contribution in [0.4, 0.5) is 0 Å². The van der Waals surface area contributed by atoms with Crippen LogP contribution in [-0.2, 0) is 5.75 Å². The van der Waals surface area contributed by atoms with Gasteiger partial charge in [-0.3, -0.25) is 4.79 Å². The molecule has 0 saturated heterocycles. The van der Waals surface area contributed by atoms with Gasteiger partial charge in [-0.05, 0) is 51.1 Å². The fourth-order valence-corrected chi connectivity index (χ4v) is 3.17. The molecule has 0 spiro atoms. The van der Waals surface area contributed by atoms with Crippen LogP contribution in [0.1, 0.15) is 35.3 Å². The predicted molar refractivity (Wildman–Crippen MR) is 102 cm³/mol. The predicted octanol–water partition coefficient (Wildman–Crippen LogP) is 4.94. The molecule has 0 fully saturated rings. The van der Waals surface area contributed by atoms with Crippen molar-refractivity contribution in [3.05, 3.63) is 59.2 Å². The van der Waals surface area contributed by atoms with Crippen LogP contribution in [0.25, 0.3) is 11.5 Å². The molecule has 5 nitrogen and oxygen atoms in total. The summed E-state index contributed by atoms with van der Waals surface area (Å²) in [6.45, 7) is 6.08. The normalized spacial score (nSPS) is 10.7. The van der Waals surface area contributed by atoms with Crippen LogP contribution in [0.3, 0.4) is 0 Å². The summed E-state index contributed by atoms with van der Waals surface area (Å²) in [5.41, 5.74) is 3.66. The zero-order valence-electron chi connectivity index (χ0n) is 15.0. The number of ether oxygens (including phenoxy) is 1. The lowest BCUT2D eigenvalue weighted by Gasteiger charge is -2.10. The number of hydrogen-bond acceptors (Lipinski definition) is 6. The number of nitrogens with zero attached hydrogens (tertiary/aromatic N) is 2. The van der Waals surface area contributed by atoms with Crippen LogP contribution in [-0.4, -0.2) is 22.6 Å². The second kappa shape index (κ2) is 8.19. The molecular weight excluding hydrogens is 348 g/mol. The zero-order chi connectivity index (χ0) is 18.5. The monoisotopic (exact) mass is 368 g/mol. The Kier molecular flexibility index (Phi) is 5.73. The van der Waals surface area contributed by atoms with Crippen LogP contribution in [0.2, 0.25) is 0 Å². The van der Waals surface area contributed by atoms with Crippen molar-refractivity contribution in [1.29, 1.82) is 0 Å². The molecule has 0 aliphatic heterocycles. The van der Waals surface area contributed by atoms with Crippen molar-refractivity contribution in [2.45, 2.75) is 31.7 Å². The molecular formula is C20H20N2O3S. The minimum atomic E-state index is 0.0266. The van der Waals surface area contributed by atoms with Gasteiger partial charge in [0, 0.05) is 22.4 Å². The maximum atomic E-state index is 11.6. The standard InChI is InChI=1S/C20H20N2O3S/c1-4-24-18-10-9-16(14(3)23)11-17(18)12-26-20-22-21-19(25-20)15-7-5-13(2)6-8-15/h5-11H,4,12H2,1-3H3. The first-order valence-corrected chi connectivity index (χ1v) is 9.35. The van der Waals surface area contributed by atoms with Gasteiger partial charge < -0.3 is 9.15 Å². The van der Waals surface area contributed by atoms with Crippen LogP contribution in [0.5, 0.6) is 5.75 Å². The molecule has 0 unspecified atom stereocenters. The van der Waals surface area contributed by atoms with E-state index in [1.807, 2.05) is 50.2 Å². The molecule has 2 aromatic carbocycles. The lowest BCUT2D eigenvalue weighted by atomic mass is 10.1. The van der Waals surface area contributed by atoms with Gasteiger partial charge in [0.1, 0.15) is 5.75 Å². The van der Waals surface area contributed by atoms with E-state index in [2.05, 4.69) is 10.2 Å². The molecule has 0 aliphatic carbocycles. The van der Waals surface area contributed by atoms with Gasteiger partial charge in [0.2, 0.25) is 5.89 Å². The summed E-state index contributed by atoms with van der Waals surface area (Å²) in [6.07, 6.45) is 0. The highest BCUT2D eigenvalue weighted by molar-refractivity contribution is 7.98. The number of Topliss-reactive ketones (excluding diaryl/α,β-unsaturated/α-hetero) is 1. The lowest BCUT2D eigenvalue weighted by Crippen LogP contribution is -1.99. The number of aromatic nitrogens is 2. The number of carbonyl (C=O) groups is 1. The summed E-state index contributed by atoms with van der Waals surface area (Å²) in [6, 6.07) is 13.4. The molecule has 1 aromatic heterocycles. The average Bonchev–Trinajstić information content (AvgIpc) is 3.10. The van der Waals surface area contributed by atoms with Gasteiger partial charge in [0.05, 0.1) is 6.61 Å². The van der Waals surface area contributed by atoms with Gasteiger partial charge in [-0.1, -0.05) is 29.5 Å². The van der Waals surface area contributed by atoms with E-state index in [4.69, 9.17) is 9.15 Å². The van der Waals surface area contributed by atoms with E-state index < -0.39 is 0 Å². The Morgan fingerprint density at radius 2 is 1.92 bits per heavy atom. The molecule has 3 rings (SSSR count). The van der Waals surface area contributed by atoms with E-state index in [1.165, 1.54) is 17.3 Å². The first kappa shape index (κ1) is 18.2. The number of rotatable bonds is 7. The Morgan fingerprint density at radius 1 is 1.15 bits per heavy atom. The van der Waals surface area contributed by atoms with E-state index >= 15 is 0 Å². The lowest BCUT2D eigenvalue weighted by molar-refractivity contribution is 0.101. The summed E-state index contributed by atoms with van der Waals surface area (Å²) < 4.78 is 11.4. The Bertz CT molecular complexity index is 904. The van der Waals surface area contributed by atoms with E-state index in [0.717, 1.165) is 16.9 Å². The number of hydrogen-bond donors (Lipinski definition) is 0. The molecule has 0 saturated carbocycles. The second-order valence-corrected chi connectivity index (χ2v) is 6.77. The molecule has 134 valence electrons. The van der Waals surface area contributed by atoms with Gasteiger partial charge in [0.15, 0.2) is 5.78 Å². The summed E-state index contributed by atoms with van der Waals surface area (Å²) in [5.74, 6) is 1.86. The number of carbonyl (C=O) groups excluding carboxylic acids is 1. The summed E-state index contributed by atoms with van der Waals surface area (Å²) >= 11 is 1.42. The minimum Gasteiger partial charge on any atom is -0.494 e. The molecule has 0 N–H and O–H groups in total. The second-order valence-electron chi connectivity index (χ2n) is 5.84. The molecule has 1 heterocycles. The van der Waals surface area contributed by atoms with Gasteiger partial charge >= 0.3 is 0 Å². The Hall–Kier alpha value is -2.60. The smallest absolute Gasteiger partial charge is 0.277 e. The highest BCUT2D eigenvalue weighted by Crippen LogP contribution is 2.30. The van der Waals surface area contributed by atoms with Gasteiger partial charge in [-0.15, -0.1) is 10.2 Å². The molecule has 3 aromatic rings. The van der Waals surface area contributed by atoms with Crippen molar-refractivity contribution >= 4 is 17.5 Å². The SMILES string of the molecule is CCOc1ccc(C(C)=O)cc1CSc1nnc(-c2ccc(C)cc2)o1. The van der Waals surface area contributed by atoms with Crippen LogP contribution in [0, 0.1) is 6.92 Å². The number of aryl methyl sites for hydroxylation is 1. The van der Waals surface area contributed by atoms with Crippen molar-refractivity contribution in [2.75, 3.05) is 6.61 Å². The average molecular weight is 368 g/mol. The summed E-state index contributed by atoms with van der Waals surface area (Å²) in [4.78, 5) is 11.6. The van der Waals surface area contributed by atoms with Crippen LogP contribution >= 0.6 is 11.8 Å². The number of thioether (sulfide) groups is 1. The van der Waals surface area contributed by atoms with Gasteiger partial charge in [-0.2, -0.15) is 0 Å². The summed E-state index contributed by atoms with van der Waals surface area (Å²) in [5, 5.41) is 8.69. The van der Waals surface area contributed by atoms with Gasteiger partial charge in [0.25, 0.3) is 5.22 Å². The molecule has 0 amide bonds. The van der Waals surface area contributed by atoms with E-state index in [0.29, 0.717) is 29.0 Å². The van der Waals surface area contributed by atoms with Crippen molar-refractivity contribution in [2.24, 2.45) is 0 Å². The maximum absolute atomic E-state index is 11.6. The van der Waals surface area contributed by atoms with Crippen molar-refractivity contribution in [3.63, 3.8) is 0 Å². The van der Waals surface area contributed by atoms with Crippen LogP contribution < -0.4 is 4.74 Å². The quantitative estimate of drug-likeness (QED) is 0.435. The van der Waals surface area contributed by atoms with Crippen molar-refractivity contribution < 1.29 is 13.9 Å². The van der Waals surface area contributed by atoms with E-state index in [1.54, 1.807) is 13.0 Å². The molecule has 6 heteroatoms. The Morgan fingerprint density at radius 3 is 2.62 bits per heavy atom. The largest absolute Gasteiger partial charge is 0.494 e. The highest BCUT2D eigenvalue weighted by atomic mass is 32.2. The molecule has 0 bridgehead atoms. The fourth-order valence-electron chi connectivity index (χ4n) is 2.43. The third-order valence-corrected chi connectivity index (χ3v) is 4.69. The van der Waals surface area contributed by atoms with Crippen molar-refractivity contribution in [1.82, 2.24) is 10.2 Å². The van der Waals surface area contributed by atoms with Gasteiger partial charge in [-0.25, -0.2) is 0 Å². The Balaban J connectivity index is 1.75. The van der Waals surface area contributed by atoms with Crippen molar-refractivity contribution in [3.8, 4) is 17.2 Å². The Labute approximate surface area is 156 Å². The molecule has 0 atom stereocenters. The molecule has 0 radical (unpaired) electrons. The summed E-state index contributed by atoms with van der Waals surface area (Å²) in [7, 11) is 0. The first-order valence-electron chi connectivity index (χ1n) is 8.37. The number of ketones is 1. The number of benzene rings is 2. The zero-order valence-corrected chi connectivity index (χ0v) is 15.8.